The first-order chi connectivity index (χ1) is 13.6. The fourth-order valence-electron chi connectivity index (χ4n) is 2.67. The molecule has 1 heterocycles. The number of aromatic nitrogens is 1. The summed E-state index contributed by atoms with van der Waals surface area (Å²) >= 11 is 0.779. The highest BCUT2D eigenvalue weighted by molar-refractivity contribution is 7.90. The quantitative estimate of drug-likeness (QED) is 0.580. The number of rotatable bonds is 4. The van der Waals surface area contributed by atoms with Crippen LogP contribution in [0, 0.1) is 11.6 Å². The zero-order valence-electron chi connectivity index (χ0n) is 15.2. The average Bonchev–Trinajstić information content (AvgIpc) is 2.97. The number of nitrogens with zero attached hydrogens (tertiary/aromatic N) is 2. The van der Waals surface area contributed by atoms with E-state index in [0.717, 1.165) is 35.3 Å². The molecule has 0 saturated carbocycles. The molecule has 1 amide bonds. The highest BCUT2D eigenvalue weighted by Crippen LogP contribution is 2.23. The Balaban J connectivity index is 2.26. The second-order valence-corrected chi connectivity index (χ2v) is 8.96. The minimum atomic E-state index is -3.71. The molecule has 152 valence electrons. The Bertz CT molecular complexity index is 1310. The number of halogens is 2. The number of esters is 1. The summed E-state index contributed by atoms with van der Waals surface area (Å²) in [4.78, 5) is 28.0. The lowest BCUT2D eigenvalue weighted by Gasteiger charge is -2.05. The van der Waals surface area contributed by atoms with Crippen molar-refractivity contribution in [2.24, 2.45) is 4.99 Å². The largest absolute Gasteiger partial charge is 0.468 e. The molecule has 0 aliphatic heterocycles. The molecule has 29 heavy (non-hydrogen) atoms. The molecule has 0 aliphatic rings. The second kappa shape index (κ2) is 7.84. The molecule has 2 aromatic carbocycles. The highest BCUT2D eigenvalue weighted by atomic mass is 32.2. The van der Waals surface area contributed by atoms with Gasteiger partial charge in [0.2, 0.25) is 0 Å². The zero-order valence-corrected chi connectivity index (χ0v) is 16.8. The number of benzene rings is 2. The van der Waals surface area contributed by atoms with E-state index in [9.17, 15) is 26.8 Å². The van der Waals surface area contributed by atoms with E-state index in [1.807, 2.05) is 0 Å². The first kappa shape index (κ1) is 20.8. The summed E-state index contributed by atoms with van der Waals surface area (Å²) in [6.45, 7) is -0.473. The molecule has 0 spiro atoms. The molecule has 0 saturated heterocycles. The van der Waals surface area contributed by atoms with E-state index in [1.54, 1.807) is 0 Å². The van der Waals surface area contributed by atoms with Gasteiger partial charge in [-0.1, -0.05) is 23.5 Å². The van der Waals surface area contributed by atoms with Crippen molar-refractivity contribution in [1.82, 2.24) is 4.57 Å². The van der Waals surface area contributed by atoms with Gasteiger partial charge < -0.3 is 9.30 Å². The van der Waals surface area contributed by atoms with E-state index in [0.29, 0.717) is 6.07 Å². The van der Waals surface area contributed by atoms with E-state index in [1.165, 1.54) is 24.3 Å². The summed E-state index contributed by atoms with van der Waals surface area (Å²) in [6, 6.07) is 7.18. The van der Waals surface area contributed by atoms with Crippen LogP contribution in [0.1, 0.15) is 10.4 Å². The summed E-state index contributed by atoms with van der Waals surface area (Å²) in [5.41, 5.74) is -0.298. The standard InChI is InChI=1S/C18H14F2N2O5S2/c1-27-15(23)9-22-16-12(20)7-10(19)8-13(16)28-18(22)21-17(24)11-5-3-4-6-14(11)29(2,25)26/h3-8H,9H2,1-2H3. The summed E-state index contributed by atoms with van der Waals surface area (Å²) in [6.07, 6.45) is 0.953. The Labute approximate surface area is 167 Å². The predicted molar refractivity (Wildman–Crippen MR) is 101 cm³/mol. The van der Waals surface area contributed by atoms with Crippen molar-refractivity contribution < 1.29 is 31.5 Å². The first-order valence-corrected chi connectivity index (χ1v) is 10.8. The molecule has 7 nitrogen and oxygen atoms in total. The summed E-state index contributed by atoms with van der Waals surface area (Å²) in [5.74, 6) is -3.41. The smallest absolute Gasteiger partial charge is 0.325 e. The van der Waals surface area contributed by atoms with Crippen LogP contribution in [0.4, 0.5) is 8.78 Å². The molecular formula is C18H14F2N2O5S2. The van der Waals surface area contributed by atoms with Gasteiger partial charge in [-0.15, -0.1) is 0 Å². The third-order valence-corrected chi connectivity index (χ3v) is 6.10. The van der Waals surface area contributed by atoms with Crippen LogP contribution in [-0.2, 0) is 25.9 Å². The summed E-state index contributed by atoms with van der Waals surface area (Å²) in [5, 5.41) is 0. The predicted octanol–water partition coefficient (Wildman–Crippen LogP) is 2.30. The van der Waals surface area contributed by atoms with Crippen molar-refractivity contribution in [1.29, 1.82) is 0 Å². The van der Waals surface area contributed by atoms with Gasteiger partial charge in [0.1, 0.15) is 12.4 Å². The topological polar surface area (TPSA) is 94.8 Å². The average molecular weight is 440 g/mol. The number of sulfone groups is 1. The molecule has 0 radical (unpaired) electrons. The molecule has 0 bridgehead atoms. The molecule has 0 N–H and O–H groups in total. The number of carbonyl (C=O) groups is 2. The summed E-state index contributed by atoms with van der Waals surface area (Å²) < 4.78 is 57.6. The third kappa shape index (κ3) is 4.25. The molecule has 3 rings (SSSR count). The van der Waals surface area contributed by atoms with E-state index >= 15 is 0 Å². The fourth-order valence-corrected chi connectivity index (χ4v) is 4.62. The van der Waals surface area contributed by atoms with Crippen LogP contribution in [0.15, 0.2) is 46.3 Å². The van der Waals surface area contributed by atoms with E-state index < -0.39 is 39.9 Å². The Morgan fingerprint density at radius 2 is 1.90 bits per heavy atom. The number of hydrogen-bond donors (Lipinski definition) is 0. The van der Waals surface area contributed by atoms with Gasteiger partial charge in [-0.25, -0.2) is 17.2 Å². The van der Waals surface area contributed by atoms with Crippen molar-refractivity contribution >= 4 is 43.3 Å². The molecule has 0 aliphatic carbocycles. The van der Waals surface area contributed by atoms with E-state index in [4.69, 9.17) is 0 Å². The molecule has 0 fully saturated rings. The number of fused-ring (bicyclic) bond motifs is 1. The molecule has 11 heteroatoms. The number of hydrogen-bond acceptors (Lipinski definition) is 6. The monoisotopic (exact) mass is 440 g/mol. The van der Waals surface area contributed by atoms with Gasteiger partial charge in [0.05, 0.1) is 27.8 Å². The first-order valence-electron chi connectivity index (χ1n) is 8.05. The van der Waals surface area contributed by atoms with Crippen LogP contribution in [-0.4, -0.2) is 38.2 Å². The van der Waals surface area contributed by atoms with Gasteiger partial charge in [-0.3, -0.25) is 9.59 Å². The zero-order chi connectivity index (χ0) is 21.3. The van der Waals surface area contributed by atoms with Crippen molar-refractivity contribution in [3.05, 3.63) is 58.4 Å². The maximum Gasteiger partial charge on any atom is 0.325 e. The van der Waals surface area contributed by atoms with Crippen LogP contribution in [0.5, 0.6) is 0 Å². The van der Waals surface area contributed by atoms with Crippen molar-refractivity contribution in [2.45, 2.75) is 11.4 Å². The van der Waals surface area contributed by atoms with Gasteiger partial charge in [0.15, 0.2) is 20.5 Å². The molecule has 3 aromatic rings. The Kier molecular flexibility index (Phi) is 5.62. The van der Waals surface area contributed by atoms with Crippen molar-refractivity contribution in [3.8, 4) is 0 Å². The van der Waals surface area contributed by atoms with Gasteiger partial charge in [-0.2, -0.15) is 4.99 Å². The summed E-state index contributed by atoms with van der Waals surface area (Å²) in [7, 11) is -2.57. The van der Waals surface area contributed by atoms with Crippen molar-refractivity contribution in [3.63, 3.8) is 0 Å². The Hall–Kier alpha value is -2.92. The van der Waals surface area contributed by atoms with Crippen LogP contribution in [0.3, 0.4) is 0 Å². The lowest BCUT2D eigenvalue weighted by atomic mass is 10.2. The fraction of sp³-hybridized carbons (Fsp3) is 0.167. The molecule has 1 aromatic heterocycles. The lowest BCUT2D eigenvalue weighted by Crippen LogP contribution is -2.23. The highest BCUT2D eigenvalue weighted by Gasteiger charge is 2.20. The van der Waals surface area contributed by atoms with Gasteiger partial charge in [0, 0.05) is 12.3 Å². The van der Waals surface area contributed by atoms with Gasteiger partial charge >= 0.3 is 5.97 Å². The van der Waals surface area contributed by atoms with Crippen molar-refractivity contribution in [2.75, 3.05) is 13.4 Å². The maximum atomic E-state index is 14.3. The number of carbonyl (C=O) groups excluding carboxylic acids is 2. The number of methoxy groups -OCH3 is 1. The Morgan fingerprint density at radius 1 is 1.21 bits per heavy atom. The molecular weight excluding hydrogens is 426 g/mol. The van der Waals surface area contributed by atoms with E-state index in [2.05, 4.69) is 9.73 Å². The van der Waals surface area contributed by atoms with Gasteiger partial charge in [0.25, 0.3) is 5.91 Å². The maximum absolute atomic E-state index is 14.3. The minimum absolute atomic E-state index is 0.108. The minimum Gasteiger partial charge on any atom is -0.468 e. The molecule has 0 atom stereocenters. The van der Waals surface area contributed by atoms with Crippen LogP contribution in [0.2, 0.25) is 0 Å². The number of amides is 1. The second-order valence-electron chi connectivity index (χ2n) is 5.97. The van der Waals surface area contributed by atoms with Crippen LogP contribution < -0.4 is 4.80 Å². The number of ether oxygens (including phenoxy) is 1. The lowest BCUT2D eigenvalue weighted by molar-refractivity contribution is -0.141. The van der Waals surface area contributed by atoms with E-state index in [-0.39, 0.29) is 25.5 Å². The SMILES string of the molecule is COC(=O)Cn1c(=NC(=O)c2ccccc2S(C)(=O)=O)sc2cc(F)cc(F)c21. The van der Waals surface area contributed by atoms with Crippen LogP contribution >= 0.6 is 11.3 Å². The van der Waals surface area contributed by atoms with Gasteiger partial charge in [-0.05, 0) is 18.2 Å². The number of thiazole rings is 1. The molecule has 0 unspecified atom stereocenters. The Morgan fingerprint density at radius 3 is 2.55 bits per heavy atom. The normalized spacial score (nSPS) is 12.3. The van der Waals surface area contributed by atoms with Crippen LogP contribution in [0.25, 0.3) is 10.2 Å². The third-order valence-electron chi connectivity index (χ3n) is 3.92.